The van der Waals surface area contributed by atoms with Crippen molar-refractivity contribution in [3.05, 3.63) is 278 Å². The second kappa shape index (κ2) is 19.4. The zero-order valence-electron chi connectivity index (χ0n) is 48.2. The average molecular weight is 1110 g/mol. The fraction of sp³-hybridized carbons (Fsp3) is 0.0750. The second-order valence-corrected chi connectivity index (χ2v) is 23.7. The van der Waals surface area contributed by atoms with Gasteiger partial charge in [-0.2, -0.15) is 0 Å². The number of anilines is 6. The van der Waals surface area contributed by atoms with E-state index in [0.717, 1.165) is 122 Å². The smallest absolute Gasteiger partial charge is 0.147 e. The number of fused-ring (bicyclic) bond motifs is 15. The standard InChI is InChI=1S/C80H58N4O2/c1-49(2)51-29-35-59(36-30-51)81(70-25-15-27-72-77(70)64-21-11-13-23-68(64)83(72)57-17-7-5-8-18-57)61-39-33-53-45-66-63-41-42-74-79(80(63)86-75(66)47-55(53)43-61)67-46-54-34-40-62(44-56(54)48-76(67)85-74)82(60-37-31-52(32-38-60)50(3)4)71-26-16-28-73-78(71)65-22-12-14-24-69(65)84(73)58-19-9-6-10-20-58/h5-50H,1-4H3. The minimum absolute atomic E-state index is 0.412. The maximum atomic E-state index is 7.09. The molecule has 0 saturated heterocycles. The molecule has 0 atom stereocenters. The Kier molecular flexibility index (Phi) is 11.2. The van der Waals surface area contributed by atoms with Crippen LogP contribution in [0.5, 0.6) is 0 Å². The number of hydrogen-bond acceptors (Lipinski definition) is 4. The maximum Gasteiger partial charge on any atom is 0.147 e. The molecule has 17 rings (SSSR count). The van der Waals surface area contributed by atoms with Gasteiger partial charge in [-0.25, -0.2) is 0 Å². The number of furan rings is 2. The number of aromatic nitrogens is 2. The van der Waals surface area contributed by atoms with Crippen molar-refractivity contribution in [2.24, 2.45) is 0 Å². The summed E-state index contributed by atoms with van der Waals surface area (Å²) in [6.07, 6.45) is 0. The normalized spacial score (nSPS) is 12.2. The molecule has 0 aliphatic carbocycles. The minimum atomic E-state index is 0.412. The molecule has 0 fully saturated rings. The summed E-state index contributed by atoms with van der Waals surface area (Å²) < 4.78 is 18.7. The number of rotatable bonds is 10. The molecule has 17 aromatic rings. The molecule has 0 aliphatic heterocycles. The van der Waals surface area contributed by atoms with Crippen LogP contribution in [0.3, 0.4) is 0 Å². The van der Waals surface area contributed by atoms with E-state index in [9.17, 15) is 0 Å². The molecule has 0 spiro atoms. The maximum absolute atomic E-state index is 7.09. The first kappa shape index (κ1) is 49.8. The predicted octanol–water partition coefficient (Wildman–Crippen LogP) is 23.2. The quantitative estimate of drug-likeness (QED) is 0.137. The first-order valence-corrected chi connectivity index (χ1v) is 29.9. The molecule has 410 valence electrons. The summed E-state index contributed by atoms with van der Waals surface area (Å²) in [5.74, 6) is 0.825. The number of nitrogens with zero attached hydrogens (tertiary/aromatic N) is 4. The summed E-state index contributed by atoms with van der Waals surface area (Å²) in [7, 11) is 0. The van der Waals surface area contributed by atoms with Gasteiger partial charge < -0.3 is 27.8 Å². The van der Waals surface area contributed by atoms with Gasteiger partial charge in [0.25, 0.3) is 0 Å². The molecule has 4 aromatic heterocycles. The van der Waals surface area contributed by atoms with E-state index < -0.39 is 0 Å². The largest absolute Gasteiger partial charge is 0.456 e. The highest BCUT2D eigenvalue weighted by Crippen LogP contribution is 2.49. The number of para-hydroxylation sites is 4. The summed E-state index contributed by atoms with van der Waals surface area (Å²) in [5.41, 5.74) is 19.3. The molecule has 4 heterocycles. The third-order valence-electron chi connectivity index (χ3n) is 18.0. The van der Waals surface area contributed by atoms with Gasteiger partial charge in [-0.1, -0.05) is 149 Å². The molecule has 0 radical (unpaired) electrons. The van der Waals surface area contributed by atoms with Crippen molar-refractivity contribution in [1.29, 1.82) is 0 Å². The van der Waals surface area contributed by atoms with Crippen LogP contribution in [-0.4, -0.2) is 9.13 Å². The molecular weight excluding hydrogens is 1050 g/mol. The van der Waals surface area contributed by atoms with E-state index >= 15 is 0 Å². The fourth-order valence-corrected chi connectivity index (χ4v) is 13.8. The Morgan fingerprint density at radius 1 is 0.291 bits per heavy atom. The fourth-order valence-electron chi connectivity index (χ4n) is 13.8. The van der Waals surface area contributed by atoms with E-state index in [-0.39, 0.29) is 0 Å². The van der Waals surface area contributed by atoms with Gasteiger partial charge >= 0.3 is 0 Å². The van der Waals surface area contributed by atoms with E-state index in [1.807, 2.05) is 0 Å². The van der Waals surface area contributed by atoms with Crippen LogP contribution in [0.2, 0.25) is 0 Å². The Morgan fingerprint density at radius 2 is 0.733 bits per heavy atom. The zero-order valence-corrected chi connectivity index (χ0v) is 48.2. The molecule has 0 N–H and O–H groups in total. The van der Waals surface area contributed by atoms with Gasteiger partial charge in [-0.15, -0.1) is 0 Å². The Morgan fingerprint density at radius 3 is 1.23 bits per heavy atom. The lowest BCUT2D eigenvalue weighted by Gasteiger charge is -2.27. The summed E-state index contributed by atoms with van der Waals surface area (Å²) in [6, 6.07) is 97.5. The molecule has 0 saturated carbocycles. The van der Waals surface area contributed by atoms with Gasteiger partial charge in [-0.3, -0.25) is 0 Å². The van der Waals surface area contributed by atoms with Gasteiger partial charge in [0.15, 0.2) is 0 Å². The summed E-state index contributed by atoms with van der Waals surface area (Å²) in [6.45, 7) is 9.01. The number of benzene rings is 13. The Balaban J connectivity index is 0.800. The van der Waals surface area contributed by atoms with Crippen LogP contribution in [0.25, 0.3) is 120 Å². The van der Waals surface area contributed by atoms with Crippen molar-refractivity contribution < 1.29 is 8.83 Å². The molecule has 86 heavy (non-hydrogen) atoms. The Bertz CT molecular complexity index is 5530. The van der Waals surface area contributed by atoms with Crippen LogP contribution < -0.4 is 9.80 Å². The van der Waals surface area contributed by atoms with E-state index in [4.69, 9.17) is 8.83 Å². The first-order chi connectivity index (χ1) is 42.3. The van der Waals surface area contributed by atoms with Crippen molar-refractivity contribution in [3.8, 4) is 11.4 Å². The molecule has 0 amide bonds. The zero-order chi connectivity index (χ0) is 57.3. The van der Waals surface area contributed by atoms with E-state index in [0.29, 0.717) is 11.8 Å². The van der Waals surface area contributed by atoms with Crippen LogP contribution in [-0.2, 0) is 0 Å². The SMILES string of the molecule is CC(C)c1ccc(N(c2ccc3cc4c(cc3c2)oc2c4ccc3oc4cc5cc(N(c6ccc(C(C)C)cc6)c6cccc7c6c6ccccc6n7-c6ccccc6)ccc5cc4c32)c2cccc3c2c2ccccc2n3-c2ccccc2)cc1. The molecule has 6 nitrogen and oxygen atoms in total. The molecule has 0 aliphatic rings. The lowest BCUT2D eigenvalue weighted by Crippen LogP contribution is -2.10. The predicted molar refractivity (Wildman–Crippen MR) is 362 cm³/mol. The molecule has 0 bridgehead atoms. The van der Waals surface area contributed by atoms with Crippen LogP contribution in [0.4, 0.5) is 34.1 Å². The van der Waals surface area contributed by atoms with Crippen LogP contribution in [0.15, 0.2) is 276 Å². The topological polar surface area (TPSA) is 42.6 Å². The molecule has 6 heteroatoms. The molecular formula is C80H58N4O2. The van der Waals surface area contributed by atoms with Gasteiger partial charge in [0.2, 0.25) is 0 Å². The Hall–Kier alpha value is -10.8. The van der Waals surface area contributed by atoms with Gasteiger partial charge in [0.1, 0.15) is 22.3 Å². The number of hydrogen-bond donors (Lipinski definition) is 0. The lowest BCUT2D eigenvalue weighted by molar-refractivity contribution is 0.663. The van der Waals surface area contributed by atoms with Crippen LogP contribution in [0, 0.1) is 0 Å². The van der Waals surface area contributed by atoms with Gasteiger partial charge in [-0.05, 0) is 190 Å². The van der Waals surface area contributed by atoms with Crippen molar-refractivity contribution >= 4 is 143 Å². The third-order valence-corrected chi connectivity index (χ3v) is 18.0. The second-order valence-electron chi connectivity index (χ2n) is 23.7. The lowest BCUT2D eigenvalue weighted by atomic mass is 10.0. The monoisotopic (exact) mass is 1110 g/mol. The summed E-state index contributed by atoms with van der Waals surface area (Å²) in [5, 5.41) is 13.4. The third kappa shape index (κ3) is 7.72. The van der Waals surface area contributed by atoms with Crippen molar-refractivity contribution in [1.82, 2.24) is 9.13 Å². The van der Waals surface area contributed by atoms with Gasteiger partial charge in [0.05, 0.1) is 38.8 Å². The van der Waals surface area contributed by atoms with E-state index in [1.54, 1.807) is 0 Å². The Labute approximate surface area is 497 Å². The molecule has 13 aromatic carbocycles. The molecule has 0 unspecified atom stereocenters. The summed E-state index contributed by atoms with van der Waals surface area (Å²) in [4.78, 5) is 4.85. The van der Waals surface area contributed by atoms with Crippen LogP contribution in [0.1, 0.15) is 50.7 Å². The van der Waals surface area contributed by atoms with Crippen LogP contribution >= 0.6 is 0 Å². The minimum Gasteiger partial charge on any atom is -0.456 e. The highest BCUT2D eigenvalue weighted by Gasteiger charge is 2.25. The van der Waals surface area contributed by atoms with Gasteiger partial charge in [0, 0.05) is 71.8 Å². The highest BCUT2D eigenvalue weighted by molar-refractivity contribution is 6.25. The van der Waals surface area contributed by atoms with E-state index in [2.05, 4.69) is 314 Å². The van der Waals surface area contributed by atoms with Crippen molar-refractivity contribution in [3.63, 3.8) is 0 Å². The summed E-state index contributed by atoms with van der Waals surface area (Å²) >= 11 is 0. The highest BCUT2D eigenvalue weighted by atomic mass is 16.3. The van der Waals surface area contributed by atoms with Crippen molar-refractivity contribution in [2.45, 2.75) is 39.5 Å². The average Bonchev–Trinajstić information content (AvgIpc) is 2.44. The first-order valence-electron chi connectivity index (χ1n) is 29.9. The van der Waals surface area contributed by atoms with Crippen molar-refractivity contribution in [2.75, 3.05) is 9.80 Å². The van der Waals surface area contributed by atoms with E-state index in [1.165, 1.54) is 43.7 Å².